The van der Waals surface area contributed by atoms with Crippen molar-refractivity contribution in [3.8, 4) is 0 Å². The predicted molar refractivity (Wildman–Crippen MR) is 65.9 cm³/mol. The summed E-state index contributed by atoms with van der Waals surface area (Å²) in [5.41, 5.74) is 2.71. The van der Waals surface area contributed by atoms with E-state index in [1.807, 2.05) is 18.2 Å². The van der Waals surface area contributed by atoms with E-state index in [0.717, 1.165) is 11.3 Å². The second kappa shape index (κ2) is 5.21. The smallest absolute Gasteiger partial charge is 0.251 e. The van der Waals surface area contributed by atoms with Crippen molar-refractivity contribution in [2.24, 2.45) is 0 Å². The summed E-state index contributed by atoms with van der Waals surface area (Å²) < 4.78 is 4.98. The highest BCUT2D eigenvalue weighted by Crippen LogP contribution is 2.11. The van der Waals surface area contributed by atoms with Crippen molar-refractivity contribution < 1.29 is 9.21 Å². The van der Waals surface area contributed by atoms with Crippen LogP contribution in [0.3, 0.4) is 0 Å². The largest absolute Gasteiger partial charge is 0.472 e. The highest BCUT2D eigenvalue weighted by Gasteiger charge is 2.02. The zero-order chi connectivity index (χ0) is 12.1. The number of carbonyl (C=O) groups excluding carboxylic acids is 1. The highest BCUT2D eigenvalue weighted by molar-refractivity contribution is 5.94. The van der Waals surface area contributed by atoms with E-state index >= 15 is 0 Å². The average Bonchev–Trinajstić information content (AvgIpc) is 2.89. The molecule has 88 valence electrons. The van der Waals surface area contributed by atoms with Gasteiger partial charge in [0.05, 0.1) is 12.5 Å². The molecule has 0 saturated carbocycles. The van der Waals surface area contributed by atoms with Crippen LogP contribution in [0.2, 0.25) is 0 Å². The fourth-order valence-electron chi connectivity index (χ4n) is 1.48. The van der Waals surface area contributed by atoms with E-state index in [0.29, 0.717) is 12.1 Å². The molecule has 4 nitrogen and oxygen atoms in total. The number of amides is 1. The lowest BCUT2D eigenvalue weighted by atomic mass is 10.2. The summed E-state index contributed by atoms with van der Waals surface area (Å²) in [7, 11) is 1.62. The van der Waals surface area contributed by atoms with Gasteiger partial charge in [0.15, 0.2) is 0 Å². The molecule has 0 fully saturated rings. The van der Waals surface area contributed by atoms with Crippen LogP contribution in [0, 0.1) is 0 Å². The molecule has 0 aliphatic heterocycles. The molecule has 2 rings (SSSR count). The SMILES string of the molecule is CNC(=O)c1ccc(NCc2ccoc2)cc1. The van der Waals surface area contributed by atoms with Crippen LogP contribution in [-0.4, -0.2) is 13.0 Å². The molecule has 4 heteroatoms. The second-order valence-electron chi connectivity index (χ2n) is 3.64. The molecule has 2 aromatic rings. The number of benzene rings is 1. The van der Waals surface area contributed by atoms with Crippen LogP contribution in [0.4, 0.5) is 5.69 Å². The summed E-state index contributed by atoms with van der Waals surface area (Å²) in [6.07, 6.45) is 3.34. The molecule has 0 aliphatic carbocycles. The molecule has 1 heterocycles. The summed E-state index contributed by atoms with van der Waals surface area (Å²) in [4.78, 5) is 11.3. The van der Waals surface area contributed by atoms with Crippen molar-refractivity contribution in [3.63, 3.8) is 0 Å². The zero-order valence-electron chi connectivity index (χ0n) is 9.57. The number of hydrogen-bond acceptors (Lipinski definition) is 3. The van der Waals surface area contributed by atoms with E-state index in [9.17, 15) is 4.79 Å². The van der Waals surface area contributed by atoms with E-state index in [4.69, 9.17) is 4.42 Å². The predicted octanol–water partition coefficient (Wildman–Crippen LogP) is 2.25. The third kappa shape index (κ3) is 2.87. The van der Waals surface area contributed by atoms with Crippen LogP contribution in [-0.2, 0) is 6.54 Å². The Kier molecular flexibility index (Phi) is 3.45. The van der Waals surface area contributed by atoms with Gasteiger partial charge in [0.1, 0.15) is 0 Å². The van der Waals surface area contributed by atoms with Gasteiger partial charge >= 0.3 is 0 Å². The van der Waals surface area contributed by atoms with Gasteiger partial charge in [-0.15, -0.1) is 0 Å². The van der Waals surface area contributed by atoms with E-state index in [1.54, 1.807) is 31.7 Å². The van der Waals surface area contributed by atoms with Crippen molar-refractivity contribution >= 4 is 11.6 Å². The molecule has 0 spiro atoms. The minimum absolute atomic E-state index is 0.0774. The summed E-state index contributed by atoms with van der Waals surface area (Å²) in [5.74, 6) is -0.0774. The molecule has 1 amide bonds. The van der Waals surface area contributed by atoms with E-state index in [1.165, 1.54) is 0 Å². The Morgan fingerprint density at radius 2 is 2.00 bits per heavy atom. The lowest BCUT2D eigenvalue weighted by Crippen LogP contribution is -2.17. The average molecular weight is 230 g/mol. The molecule has 1 aromatic heterocycles. The minimum Gasteiger partial charge on any atom is -0.472 e. The standard InChI is InChI=1S/C13H14N2O2/c1-14-13(16)11-2-4-12(5-3-11)15-8-10-6-7-17-9-10/h2-7,9,15H,8H2,1H3,(H,14,16). The molecular formula is C13H14N2O2. The molecular weight excluding hydrogens is 216 g/mol. The van der Waals surface area contributed by atoms with Crippen molar-refractivity contribution in [1.82, 2.24) is 5.32 Å². The number of carbonyl (C=O) groups is 1. The van der Waals surface area contributed by atoms with Gasteiger partial charge in [0.25, 0.3) is 5.91 Å². The molecule has 0 atom stereocenters. The van der Waals surface area contributed by atoms with Gasteiger partial charge in [-0.3, -0.25) is 4.79 Å². The lowest BCUT2D eigenvalue weighted by molar-refractivity contribution is 0.0963. The first-order valence-corrected chi connectivity index (χ1v) is 5.36. The van der Waals surface area contributed by atoms with Crippen LogP contribution < -0.4 is 10.6 Å². The molecule has 0 radical (unpaired) electrons. The minimum atomic E-state index is -0.0774. The summed E-state index contributed by atoms with van der Waals surface area (Å²) >= 11 is 0. The maximum absolute atomic E-state index is 11.3. The number of rotatable bonds is 4. The Labute approximate surface area is 99.6 Å². The topological polar surface area (TPSA) is 54.3 Å². The first kappa shape index (κ1) is 11.3. The maximum atomic E-state index is 11.3. The second-order valence-corrected chi connectivity index (χ2v) is 3.64. The van der Waals surface area contributed by atoms with Crippen molar-refractivity contribution in [1.29, 1.82) is 0 Å². The molecule has 1 aromatic carbocycles. The number of nitrogens with one attached hydrogen (secondary N) is 2. The first-order chi connectivity index (χ1) is 8.29. The fraction of sp³-hybridized carbons (Fsp3) is 0.154. The van der Waals surface area contributed by atoms with Crippen molar-refractivity contribution in [2.75, 3.05) is 12.4 Å². The Morgan fingerprint density at radius 3 is 2.59 bits per heavy atom. The third-order valence-electron chi connectivity index (χ3n) is 2.45. The quantitative estimate of drug-likeness (QED) is 0.847. The van der Waals surface area contributed by atoms with Gasteiger partial charge < -0.3 is 15.1 Å². The monoisotopic (exact) mass is 230 g/mol. The molecule has 2 N–H and O–H groups in total. The van der Waals surface area contributed by atoms with Gasteiger partial charge in [-0.2, -0.15) is 0 Å². The normalized spacial score (nSPS) is 9.94. The van der Waals surface area contributed by atoms with E-state index in [-0.39, 0.29) is 5.91 Å². The molecule has 0 aliphatic rings. The number of hydrogen-bond donors (Lipinski definition) is 2. The van der Waals surface area contributed by atoms with Crippen LogP contribution in [0.5, 0.6) is 0 Å². The van der Waals surface area contributed by atoms with Gasteiger partial charge in [0, 0.05) is 30.4 Å². The Balaban J connectivity index is 1.96. The molecule has 0 bridgehead atoms. The van der Waals surface area contributed by atoms with Gasteiger partial charge in [-0.1, -0.05) is 0 Å². The van der Waals surface area contributed by atoms with E-state index < -0.39 is 0 Å². The lowest BCUT2D eigenvalue weighted by Gasteiger charge is -2.05. The number of furan rings is 1. The Hall–Kier alpha value is -2.23. The van der Waals surface area contributed by atoms with Crippen LogP contribution >= 0.6 is 0 Å². The third-order valence-corrected chi connectivity index (χ3v) is 2.45. The molecule has 0 unspecified atom stereocenters. The van der Waals surface area contributed by atoms with E-state index in [2.05, 4.69) is 10.6 Å². The summed E-state index contributed by atoms with van der Waals surface area (Å²) in [6.45, 7) is 0.704. The maximum Gasteiger partial charge on any atom is 0.251 e. The van der Waals surface area contributed by atoms with Crippen molar-refractivity contribution in [2.45, 2.75) is 6.54 Å². The van der Waals surface area contributed by atoms with Gasteiger partial charge in [-0.25, -0.2) is 0 Å². The van der Waals surface area contributed by atoms with Crippen LogP contribution in [0.25, 0.3) is 0 Å². The molecule has 0 saturated heterocycles. The summed E-state index contributed by atoms with van der Waals surface area (Å²) in [6, 6.07) is 9.24. The number of anilines is 1. The van der Waals surface area contributed by atoms with Gasteiger partial charge in [-0.05, 0) is 30.3 Å². The van der Waals surface area contributed by atoms with Crippen molar-refractivity contribution in [3.05, 3.63) is 54.0 Å². The fourth-order valence-corrected chi connectivity index (χ4v) is 1.48. The van der Waals surface area contributed by atoms with Gasteiger partial charge in [0.2, 0.25) is 0 Å². The Bertz CT molecular complexity index is 475. The summed E-state index contributed by atoms with van der Waals surface area (Å²) in [5, 5.41) is 5.82. The molecule has 17 heavy (non-hydrogen) atoms. The van der Waals surface area contributed by atoms with Crippen LogP contribution in [0.1, 0.15) is 15.9 Å². The Morgan fingerprint density at radius 1 is 1.24 bits per heavy atom. The highest BCUT2D eigenvalue weighted by atomic mass is 16.3. The zero-order valence-corrected chi connectivity index (χ0v) is 9.57. The first-order valence-electron chi connectivity index (χ1n) is 5.36. The van der Waals surface area contributed by atoms with Crippen LogP contribution in [0.15, 0.2) is 47.3 Å².